The molecule has 2 aromatic rings. The Bertz CT molecular complexity index is 1190. The third-order valence-electron chi connectivity index (χ3n) is 7.21. The van der Waals surface area contributed by atoms with Gasteiger partial charge >= 0.3 is 5.97 Å². The Morgan fingerprint density at radius 1 is 1.14 bits per heavy atom. The number of hydrogen-bond donors (Lipinski definition) is 1. The van der Waals surface area contributed by atoms with Crippen LogP contribution >= 0.6 is 11.8 Å². The van der Waals surface area contributed by atoms with Crippen molar-refractivity contribution in [2.45, 2.75) is 24.9 Å². The van der Waals surface area contributed by atoms with Crippen molar-refractivity contribution in [3.63, 3.8) is 0 Å². The Kier molecular flexibility index (Phi) is 6.23. The molecule has 1 N–H and O–H groups in total. The molecule has 3 aliphatic heterocycles. The highest BCUT2D eigenvalue weighted by Gasteiger charge is 2.68. The normalized spacial score (nSPS) is 27.2. The molecule has 2 aromatic carbocycles. The molecule has 3 aliphatic rings. The first-order valence-electron chi connectivity index (χ1n) is 11.6. The van der Waals surface area contributed by atoms with Crippen molar-refractivity contribution in [1.82, 2.24) is 5.32 Å². The first kappa shape index (κ1) is 23.7. The molecule has 0 saturated carbocycles. The van der Waals surface area contributed by atoms with Crippen molar-refractivity contribution in [1.29, 1.82) is 0 Å². The van der Waals surface area contributed by atoms with Gasteiger partial charge in [-0.1, -0.05) is 24.3 Å². The van der Waals surface area contributed by atoms with Gasteiger partial charge in [0.15, 0.2) is 11.5 Å². The minimum atomic E-state index is -1.31. The Balaban J connectivity index is 1.63. The lowest BCUT2D eigenvalue weighted by Gasteiger charge is -2.32. The van der Waals surface area contributed by atoms with E-state index in [1.807, 2.05) is 37.4 Å². The molecule has 2 amide bonds. The van der Waals surface area contributed by atoms with Crippen LogP contribution in [0.3, 0.4) is 0 Å². The Hall–Kier alpha value is -3.04. The van der Waals surface area contributed by atoms with Gasteiger partial charge in [0.05, 0.1) is 24.6 Å². The van der Waals surface area contributed by atoms with E-state index in [0.29, 0.717) is 42.6 Å². The number of esters is 1. The van der Waals surface area contributed by atoms with Crippen LogP contribution < -0.4 is 19.7 Å². The van der Waals surface area contributed by atoms with Gasteiger partial charge in [-0.25, -0.2) is 4.90 Å². The van der Waals surface area contributed by atoms with Crippen LogP contribution in [0.15, 0.2) is 42.5 Å². The zero-order chi connectivity index (χ0) is 24.7. The minimum absolute atomic E-state index is 0.340. The molecule has 8 nitrogen and oxygen atoms in total. The maximum absolute atomic E-state index is 14.0. The molecule has 184 valence electrons. The minimum Gasteiger partial charge on any atom is -0.486 e. The summed E-state index contributed by atoms with van der Waals surface area (Å²) in [6.45, 7) is 2.80. The molecule has 0 unspecified atom stereocenters. The van der Waals surface area contributed by atoms with E-state index in [2.05, 4.69) is 5.32 Å². The molecule has 0 aliphatic carbocycles. The number of rotatable bonds is 6. The predicted molar refractivity (Wildman–Crippen MR) is 132 cm³/mol. The van der Waals surface area contributed by atoms with E-state index >= 15 is 0 Å². The molecular formula is C26H28N2O6S. The quantitative estimate of drug-likeness (QED) is 0.482. The Morgan fingerprint density at radius 2 is 1.89 bits per heavy atom. The van der Waals surface area contributed by atoms with E-state index in [-0.39, 0.29) is 5.91 Å². The van der Waals surface area contributed by atoms with E-state index in [0.717, 1.165) is 11.1 Å². The van der Waals surface area contributed by atoms with Gasteiger partial charge < -0.3 is 14.2 Å². The fourth-order valence-corrected chi connectivity index (χ4v) is 6.12. The molecule has 9 heteroatoms. The van der Waals surface area contributed by atoms with Crippen LogP contribution in [0.25, 0.3) is 0 Å². The van der Waals surface area contributed by atoms with Gasteiger partial charge in [0.25, 0.3) is 0 Å². The van der Waals surface area contributed by atoms with Crippen molar-refractivity contribution in [2.24, 2.45) is 11.8 Å². The number of amides is 2. The average Bonchev–Trinajstić information content (AvgIpc) is 3.36. The predicted octanol–water partition coefficient (Wildman–Crippen LogP) is 2.88. The van der Waals surface area contributed by atoms with E-state index < -0.39 is 35.3 Å². The number of benzene rings is 2. The van der Waals surface area contributed by atoms with Crippen LogP contribution in [-0.2, 0) is 19.1 Å². The number of ether oxygens (including phenoxy) is 3. The molecule has 0 aromatic heterocycles. The summed E-state index contributed by atoms with van der Waals surface area (Å²) in [4.78, 5) is 42.5. The highest BCUT2D eigenvalue weighted by Crippen LogP contribution is 2.52. The van der Waals surface area contributed by atoms with Crippen molar-refractivity contribution in [3.05, 3.63) is 53.6 Å². The Morgan fingerprint density at radius 3 is 2.60 bits per heavy atom. The molecule has 35 heavy (non-hydrogen) atoms. The summed E-state index contributed by atoms with van der Waals surface area (Å²) in [5.41, 5.74) is 0.964. The van der Waals surface area contributed by atoms with Crippen LogP contribution in [0.1, 0.15) is 23.6 Å². The van der Waals surface area contributed by atoms with Crippen LogP contribution in [-0.4, -0.2) is 55.7 Å². The second-order valence-electron chi connectivity index (χ2n) is 9.03. The van der Waals surface area contributed by atoms with Crippen molar-refractivity contribution in [3.8, 4) is 11.5 Å². The fourth-order valence-electron chi connectivity index (χ4n) is 5.60. The number of nitrogens with zero attached hydrogens (tertiary/aromatic N) is 1. The number of imide groups is 1. The first-order chi connectivity index (χ1) is 16.9. The molecule has 2 saturated heterocycles. The summed E-state index contributed by atoms with van der Waals surface area (Å²) in [6, 6.07) is 12.3. The van der Waals surface area contributed by atoms with Crippen molar-refractivity contribution < 1.29 is 28.6 Å². The second kappa shape index (κ2) is 9.20. The number of aryl methyl sites for hydroxylation is 1. The number of hydrogen-bond acceptors (Lipinski definition) is 8. The van der Waals surface area contributed by atoms with Crippen LogP contribution in [0, 0.1) is 18.8 Å². The zero-order valence-corrected chi connectivity index (χ0v) is 20.7. The highest BCUT2D eigenvalue weighted by atomic mass is 32.2. The van der Waals surface area contributed by atoms with Gasteiger partial charge in [-0.2, -0.15) is 11.8 Å². The first-order valence-corrected chi connectivity index (χ1v) is 13.0. The third kappa shape index (κ3) is 3.68. The fraction of sp³-hybridized carbons (Fsp3) is 0.423. The zero-order valence-electron chi connectivity index (χ0n) is 19.9. The highest BCUT2D eigenvalue weighted by molar-refractivity contribution is 7.98. The number of methoxy groups -OCH3 is 1. The average molecular weight is 497 g/mol. The maximum atomic E-state index is 14.0. The van der Waals surface area contributed by atoms with E-state index in [1.54, 1.807) is 30.0 Å². The lowest BCUT2D eigenvalue weighted by molar-refractivity contribution is -0.152. The number of anilines is 1. The SMILES string of the molecule is COC(=O)[C@@]1(CCSC)N[C@@H](c2ccccc2C)[C@H]2C(=O)N(c3ccc4c(c3)OCCO4)C(=O)[C@H]21. The van der Waals surface area contributed by atoms with Gasteiger partial charge in [0.2, 0.25) is 11.8 Å². The van der Waals surface area contributed by atoms with Crippen molar-refractivity contribution >= 4 is 35.2 Å². The molecular weight excluding hydrogens is 468 g/mol. The number of carbonyl (C=O) groups excluding carboxylic acids is 3. The van der Waals surface area contributed by atoms with Gasteiger partial charge in [-0.05, 0) is 48.6 Å². The monoisotopic (exact) mass is 496 g/mol. The van der Waals surface area contributed by atoms with Gasteiger partial charge in [-0.15, -0.1) is 0 Å². The lowest BCUT2D eigenvalue weighted by Crippen LogP contribution is -2.56. The van der Waals surface area contributed by atoms with E-state index in [9.17, 15) is 14.4 Å². The standard InChI is InChI=1S/C26H28N2O6S/c1-15-6-4-5-7-17(15)22-20-21(26(27-22,10-13-35-3)25(31)32-2)24(30)28(23(20)29)16-8-9-18-19(14-16)34-12-11-33-18/h4-9,14,20-22,27H,10-13H2,1-3H3/t20-,21-,22-,26-/m0/s1. The van der Waals surface area contributed by atoms with Gasteiger partial charge in [-0.3, -0.25) is 19.7 Å². The largest absolute Gasteiger partial charge is 0.486 e. The number of nitrogens with one attached hydrogen (secondary N) is 1. The number of thioether (sulfide) groups is 1. The van der Waals surface area contributed by atoms with Crippen LogP contribution in [0.4, 0.5) is 5.69 Å². The molecule has 5 rings (SSSR count). The number of carbonyl (C=O) groups is 3. The molecule has 4 atom stereocenters. The number of fused-ring (bicyclic) bond motifs is 2. The Labute approximate surface area is 208 Å². The third-order valence-corrected chi connectivity index (χ3v) is 7.82. The molecule has 0 bridgehead atoms. The smallest absolute Gasteiger partial charge is 0.326 e. The van der Waals surface area contributed by atoms with Gasteiger partial charge in [0, 0.05) is 12.1 Å². The second-order valence-corrected chi connectivity index (χ2v) is 10.0. The summed E-state index contributed by atoms with van der Waals surface area (Å²) >= 11 is 1.58. The maximum Gasteiger partial charge on any atom is 0.326 e. The van der Waals surface area contributed by atoms with E-state index in [1.165, 1.54) is 12.0 Å². The van der Waals surface area contributed by atoms with E-state index in [4.69, 9.17) is 14.2 Å². The molecule has 2 fully saturated rings. The summed E-state index contributed by atoms with van der Waals surface area (Å²) in [5, 5.41) is 3.43. The molecule has 3 heterocycles. The van der Waals surface area contributed by atoms with Crippen LogP contribution in [0.2, 0.25) is 0 Å². The summed E-state index contributed by atoms with van der Waals surface area (Å²) in [7, 11) is 1.32. The van der Waals surface area contributed by atoms with Crippen LogP contribution in [0.5, 0.6) is 11.5 Å². The summed E-state index contributed by atoms with van der Waals surface area (Å²) < 4.78 is 16.5. The topological polar surface area (TPSA) is 94.2 Å². The summed E-state index contributed by atoms with van der Waals surface area (Å²) in [5.74, 6) is -1.24. The lowest BCUT2D eigenvalue weighted by atomic mass is 9.77. The summed E-state index contributed by atoms with van der Waals surface area (Å²) in [6.07, 6.45) is 2.30. The van der Waals surface area contributed by atoms with Gasteiger partial charge in [0.1, 0.15) is 18.8 Å². The van der Waals surface area contributed by atoms with Crippen molar-refractivity contribution in [2.75, 3.05) is 37.2 Å². The molecule has 0 radical (unpaired) electrons. The molecule has 0 spiro atoms.